The second-order valence-corrected chi connectivity index (χ2v) is 3.48. The lowest BCUT2D eigenvalue weighted by molar-refractivity contribution is -0.120. The molecular weight excluding hydrogens is 180 g/mol. The predicted octanol–water partition coefficient (Wildman–Crippen LogP) is 1.08. The van der Waals surface area contributed by atoms with Crippen LogP contribution in [0.4, 0.5) is 0 Å². The molecule has 0 aliphatic carbocycles. The Hall–Kier alpha value is -1.08. The van der Waals surface area contributed by atoms with Gasteiger partial charge in [-0.15, -0.1) is 0 Å². The van der Waals surface area contributed by atoms with Gasteiger partial charge in [0.2, 0.25) is 5.91 Å². The van der Waals surface area contributed by atoms with Crippen LogP contribution in [0.25, 0.3) is 0 Å². The smallest absolute Gasteiger partial charge is 0.234 e. The summed E-state index contributed by atoms with van der Waals surface area (Å²) in [5, 5.41) is 10.8. The molecule has 80 valence electrons. The van der Waals surface area contributed by atoms with Crippen molar-refractivity contribution in [2.75, 3.05) is 19.8 Å². The van der Waals surface area contributed by atoms with Crippen molar-refractivity contribution >= 4 is 5.91 Å². The third-order valence-corrected chi connectivity index (χ3v) is 1.65. The maximum atomic E-state index is 10.8. The van der Waals surface area contributed by atoms with E-state index in [9.17, 15) is 4.79 Å². The molecule has 0 unspecified atom stereocenters. The Morgan fingerprint density at radius 1 is 1.50 bits per heavy atom. The van der Waals surface area contributed by atoms with Gasteiger partial charge in [0, 0.05) is 13.2 Å². The van der Waals surface area contributed by atoms with E-state index in [2.05, 4.69) is 19.2 Å². The normalized spacial score (nSPS) is 9.86. The molecule has 4 heteroatoms. The van der Waals surface area contributed by atoms with Crippen LogP contribution in [0, 0.1) is 17.2 Å². The van der Waals surface area contributed by atoms with Crippen molar-refractivity contribution in [3.05, 3.63) is 0 Å². The first-order valence-electron chi connectivity index (χ1n) is 4.88. The molecule has 0 radical (unpaired) electrons. The standard InChI is InChI=1S/C10H18N2O2/c1-9(2)4-7-14-8-6-12-10(13)3-5-11/h9H,3-4,6-8H2,1-2H3,(H,12,13). The van der Waals surface area contributed by atoms with E-state index in [1.165, 1.54) is 0 Å². The molecule has 14 heavy (non-hydrogen) atoms. The van der Waals surface area contributed by atoms with Crippen molar-refractivity contribution in [2.45, 2.75) is 26.7 Å². The lowest BCUT2D eigenvalue weighted by Gasteiger charge is -2.06. The molecule has 1 N–H and O–H groups in total. The van der Waals surface area contributed by atoms with Crippen LogP contribution in [-0.4, -0.2) is 25.7 Å². The van der Waals surface area contributed by atoms with E-state index in [1.807, 2.05) is 0 Å². The monoisotopic (exact) mass is 198 g/mol. The minimum Gasteiger partial charge on any atom is -0.380 e. The van der Waals surface area contributed by atoms with Crippen molar-refractivity contribution in [3.8, 4) is 6.07 Å². The Labute approximate surface area is 85.2 Å². The summed E-state index contributed by atoms with van der Waals surface area (Å²) in [4.78, 5) is 10.8. The predicted molar refractivity (Wildman–Crippen MR) is 53.5 cm³/mol. The summed E-state index contributed by atoms with van der Waals surface area (Å²) in [5.74, 6) is 0.406. The molecule has 0 aromatic rings. The number of nitrogens with zero attached hydrogens (tertiary/aromatic N) is 1. The summed E-state index contributed by atoms with van der Waals surface area (Å²) in [6.45, 7) is 6.00. The molecule has 1 amide bonds. The third-order valence-electron chi connectivity index (χ3n) is 1.65. The fraction of sp³-hybridized carbons (Fsp3) is 0.800. The maximum Gasteiger partial charge on any atom is 0.234 e. The molecule has 0 atom stereocenters. The van der Waals surface area contributed by atoms with Gasteiger partial charge < -0.3 is 10.1 Å². The first-order chi connectivity index (χ1) is 6.66. The molecule has 0 rings (SSSR count). The zero-order valence-electron chi connectivity index (χ0n) is 8.88. The number of nitrogens with one attached hydrogen (secondary N) is 1. The number of rotatable bonds is 7. The van der Waals surface area contributed by atoms with Crippen LogP contribution in [0.5, 0.6) is 0 Å². The number of nitriles is 1. The SMILES string of the molecule is CC(C)CCOCCNC(=O)CC#N. The molecule has 0 aliphatic heterocycles. The molecule has 0 spiro atoms. The molecule has 4 nitrogen and oxygen atoms in total. The van der Waals surface area contributed by atoms with E-state index < -0.39 is 0 Å². The summed E-state index contributed by atoms with van der Waals surface area (Å²) >= 11 is 0. The van der Waals surface area contributed by atoms with Crippen LogP contribution in [0.3, 0.4) is 0 Å². The lowest BCUT2D eigenvalue weighted by atomic mass is 10.1. The van der Waals surface area contributed by atoms with Gasteiger partial charge in [0.05, 0.1) is 12.7 Å². The van der Waals surface area contributed by atoms with Crippen molar-refractivity contribution in [3.63, 3.8) is 0 Å². The first kappa shape index (κ1) is 12.9. The van der Waals surface area contributed by atoms with Crippen LogP contribution >= 0.6 is 0 Å². The zero-order valence-corrected chi connectivity index (χ0v) is 8.88. The van der Waals surface area contributed by atoms with Crippen molar-refractivity contribution in [2.24, 2.45) is 5.92 Å². The van der Waals surface area contributed by atoms with Crippen LogP contribution in [0.15, 0.2) is 0 Å². The van der Waals surface area contributed by atoms with Crippen LogP contribution < -0.4 is 5.32 Å². The number of ether oxygens (including phenoxy) is 1. The fourth-order valence-corrected chi connectivity index (χ4v) is 0.818. The number of hydrogen-bond donors (Lipinski definition) is 1. The second-order valence-electron chi connectivity index (χ2n) is 3.48. The third kappa shape index (κ3) is 9.01. The van der Waals surface area contributed by atoms with Crippen LogP contribution in [0.1, 0.15) is 26.7 Å². The number of carbonyl (C=O) groups excluding carboxylic acids is 1. The average molecular weight is 198 g/mol. The minimum atomic E-state index is -0.236. The summed E-state index contributed by atoms with van der Waals surface area (Å²) in [6, 6.07) is 1.78. The Balaban J connectivity index is 3.14. The highest BCUT2D eigenvalue weighted by atomic mass is 16.5. The Kier molecular flexibility index (Phi) is 7.86. The largest absolute Gasteiger partial charge is 0.380 e. The van der Waals surface area contributed by atoms with Crippen molar-refractivity contribution < 1.29 is 9.53 Å². The highest BCUT2D eigenvalue weighted by Crippen LogP contribution is 1.98. The molecule has 0 saturated carbocycles. The van der Waals surface area contributed by atoms with E-state index in [1.54, 1.807) is 6.07 Å². The highest BCUT2D eigenvalue weighted by molar-refractivity contribution is 5.77. The van der Waals surface area contributed by atoms with E-state index in [0.717, 1.165) is 13.0 Å². The van der Waals surface area contributed by atoms with E-state index in [0.29, 0.717) is 19.1 Å². The second kappa shape index (κ2) is 8.52. The van der Waals surface area contributed by atoms with Gasteiger partial charge in [-0.2, -0.15) is 5.26 Å². The zero-order chi connectivity index (χ0) is 10.8. The van der Waals surface area contributed by atoms with Gasteiger partial charge in [0.1, 0.15) is 6.42 Å². The summed E-state index contributed by atoms with van der Waals surface area (Å²) < 4.78 is 5.28. The molecule has 0 bridgehead atoms. The van der Waals surface area contributed by atoms with Crippen LogP contribution in [0.2, 0.25) is 0 Å². The number of amides is 1. The van der Waals surface area contributed by atoms with Gasteiger partial charge in [-0.05, 0) is 12.3 Å². The number of carbonyl (C=O) groups is 1. The first-order valence-corrected chi connectivity index (χ1v) is 4.88. The van der Waals surface area contributed by atoms with Gasteiger partial charge >= 0.3 is 0 Å². The van der Waals surface area contributed by atoms with Gasteiger partial charge in [-0.1, -0.05) is 13.8 Å². The number of hydrogen-bond acceptors (Lipinski definition) is 3. The Morgan fingerprint density at radius 2 is 2.21 bits per heavy atom. The Morgan fingerprint density at radius 3 is 2.79 bits per heavy atom. The lowest BCUT2D eigenvalue weighted by Crippen LogP contribution is -2.26. The average Bonchev–Trinajstić information content (AvgIpc) is 2.11. The highest BCUT2D eigenvalue weighted by Gasteiger charge is 1.98. The topological polar surface area (TPSA) is 62.1 Å². The van der Waals surface area contributed by atoms with Gasteiger partial charge in [0.15, 0.2) is 0 Å². The maximum absolute atomic E-state index is 10.8. The molecule has 0 heterocycles. The van der Waals surface area contributed by atoms with Gasteiger partial charge in [-0.3, -0.25) is 4.79 Å². The van der Waals surface area contributed by atoms with Crippen molar-refractivity contribution in [1.29, 1.82) is 5.26 Å². The van der Waals surface area contributed by atoms with E-state index in [-0.39, 0.29) is 12.3 Å². The molecular formula is C10H18N2O2. The quantitative estimate of drug-likeness (QED) is 0.623. The molecule has 0 fully saturated rings. The van der Waals surface area contributed by atoms with Gasteiger partial charge in [0.25, 0.3) is 0 Å². The van der Waals surface area contributed by atoms with E-state index >= 15 is 0 Å². The van der Waals surface area contributed by atoms with Crippen LogP contribution in [-0.2, 0) is 9.53 Å². The summed E-state index contributed by atoms with van der Waals surface area (Å²) in [7, 11) is 0. The molecule has 0 aromatic carbocycles. The molecule has 0 saturated heterocycles. The molecule has 0 aromatic heterocycles. The Bertz CT molecular complexity index is 197. The summed E-state index contributed by atoms with van der Waals surface area (Å²) in [6.07, 6.45) is 0.956. The fourth-order valence-electron chi connectivity index (χ4n) is 0.818. The summed E-state index contributed by atoms with van der Waals surface area (Å²) in [5.41, 5.74) is 0. The van der Waals surface area contributed by atoms with Crippen molar-refractivity contribution in [1.82, 2.24) is 5.32 Å². The minimum absolute atomic E-state index is 0.0774. The molecule has 0 aliphatic rings. The van der Waals surface area contributed by atoms with Gasteiger partial charge in [-0.25, -0.2) is 0 Å². The van der Waals surface area contributed by atoms with E-state index in [4.69, 9.17) is 10.00 Å².